The Labute approximate surface area is 122 Å². The van der Waals surface area contributed by atoms with Crippen LogP contribution in [0.3, 0.4) is 0 Å². The summed E-state index contributed by atoms with van der Waals surface area (Å²) in [6.45, 7) is 3.31. The Kier molecular flexibility index (Phi) is 6.10. The average molecular weight is 296 g/mol. The molecule has 2 N–H and O–H groups in total. The summed E-state index contributed by atoms with van der Waals surface area (Å²) < 4.78 is 2.36. The van der Waals surface area contributed by atoms with Gasteiger partial charge in [-0.15, -0.1) is 11.3 Å². The summed E-state index contributed by atoms with van der Waals surface area (Å²) >= 11 is 3.52. The molecule has 2 rings (SSSR count). The number of hydrogen-bond donors (Lipinski definition) is 2. The third-order valence-corrected chi connectivity index (χ3v) is 5.08. The normalized spacial score (nSPS) is 12.9. The predicted molar refractivity (Wildman–Crippen MR) is 84.1 cm³/mol. The molecule has 0 aliphatic heterocycles. The van der Waals surface area contributed by atoms with Gasteiger partial charge in [0.2, 0.25) is 0 Å². The van der Waals surface area contributed by atoms with E-state index in [4.69, 9.17) is 0 Å². The summed E-state index contributed by atoms with van der Waals surface area (Å²) in [7, 11) is 0. The lowest BCUT2D eigenvalue weighted by atomic mass is 10.2. The maximum Gasteiger partial charge on any atom is 0.151 e. The number of nitrogens with zero attached hydrogens (tertiary/aromatic N) is 1. The van der Waals surface area contributed by atoms with Crippen molar-refractivity contribution in [2.45, 2.75) is 30.1 Å². The molecule has 0 saturated heterocycles. The quantitative estimate of drug-likeness (QED) is 0.735. The summed E-state index contributed by atoms with van der Waals surface area (Å²) in [5.41, 5.74) is 1.08. The van der Waals surface area contributed by atoms with Crippen LogP contribution in [0.25, 0.3) is 10.2 Å². The molecular formula is C14H20N2OS2. The van der Waals surface area contributed by atoms with Gasteiger partial charge in [0.05, 0.1) is 16.8 Å². The molecule has 0 fully saturated rings. The number of benzene rings is 1. The van der Waals surface area contributed by atoms with E-state index < -0.39 is 0 Å². The zero-order valence-electron chi connectivity index (χ0n) is 11.1. The maximum absolute atomic E-state index is 9.28. The highest BCUT2D eigenvalue weighted by Crippen LogP contribution is 2.29. The van der Waals surface area contributed by atoms with Crippen LogP contribution < -0.4 is 5.32 Å². The minimum absolute atomic E-state index is 0.209. The van der Waals surface area contributed by atoms with Crippen LogP contribution in [0.5, 0.6) is 0 Å². The van der Waals surface area contributed by atoms with Crippen LogP contribution in [0, 0.1) is 0 Å². The molecule has 3 nitrogen and oxygen atoms in total. The van der Waals surface area contributed by atoms with Crippen molar-refractivity contribution in [3.8, 4) is 0 Å². The largest absolute Gasteiger partial charge is 0.395 e. The molecule has 104 valence electrons. The summed E-state index contributed by atoms with van der Waals surface area (Å²) in [5, 5.41) is 12.6. The molecule has 1 aromatic heterocycles. The second-order valence-corrected chi connectivity index (χ2v) is 6.79. The first-order valence-electron chi connectivity index (χ1n) is 6.66. The van der Waals surface area contributed by atoms with Gasteiger partial charge in [-0.3, -0.25) is 0 Å². The zero-order chi connectivity index (χ0) is 13.5. The first-order chi connectivity index (χ1) is 9.33. The van der Waals surface area contributed by atoms with E-state index in [0.29, 0.717) is 0 Å². The molecule has 1 unspecified atom stereocenters. The molecule has 0 radical (unpaired) electrons. The highest BCUT2D eigenvalue weighted by molar-refractivity contribution is 8.01. The monoisotopic (exact) mass is 296 g/mol. The van der Waals surface area contributed by atoms with Gasteiger partial charge in [-0.1, -0.05) is 30.8 Å². The van der Waals surface area contributed by atoms with Crippen molar-refractivity contribution >= 4 is 33.3 Å². The van der Waals surface area contributed by atoms with E-state index in [1.807, 2.05) is 12.1 Å². The Morgan fingerprint density at radius 3 is 3.00 bits per heavy atom. The van der Waals surface area contributed by atoms with Crippen LogP contribution in [-0.4, -0.2) is 35.0 Å². The van der Waals surface area contributed by atoms with Crippen LogP contribution in [-0.2, 0) is 0 Å². The molecule has 0 aliphatic carbocycles. The van der Waals surface area contributed by atoms with Gasteiger partial charge < -0.3 is 10.4 Å². The average Bonchev–Trinajstić information content (AvgIpc) is 2.85. The number of hydrogen-bond acceptors (Lipinski definition) is 5. The van der Waals surface area contributed by atoms with Crippen LogP contribution in [0.2, 0.25) is 0 Å². The SMILES string of the molecule is CCCNC(CO)CCSc1nc2ccccc2s1. The fraction of sp³-hybridized carbons (Fsp3) is 0.500. The van der Waals surface area contributed by atoms with E-state index in [9.17, 15) is 5.11 Å². The number of thioether (sulfide) groups is 1. The van der Waals surface area contributed by atoms with E-state index in [-0.39, 0.29) is 12.6 Å². The first kappa shape index (κ1) is 14.8. The van der Waals surface area contributed by atoms with Crippen molar-refractivity contribution in [3.63, 3.8) is 0 Å². The summed E-state index contributed by atoms with van der Waals surface area (Å²) in [5.74, 6) is 0.988. The fourth-order valence-corrected chi connectivity index (χ4v) is 4.00. The third-order valence-electron chi connectivity index (χ3n) is 2.87. The minimum atomic E-state index is 0.209. The van der Waals surface area contributed by atoms with E-state index in [0.717, 1.165) is 35.0 Å². The van der Waals surface area contributed by atoms with Gasteiger partial charge in [0.25, 0.3) is 0 Å². The molecule has 0 spiro atoms. The molecule has 5 heteroatoms. The highest BCUT2D eigenvalue weighted by Gasteiger charge is 2.08. The zero-order valence-corrected chi connectivity index (χ0v) is 12.8. The molecule has 0 amide bonds. The first-order valence-corrected chi connectivity index (χ1v) is 8.46. The number of para-hydroxylation sites is 1. The van der Waals surface area contributed by atoms with Crippen molar-refractivity contribution in [2.24, 2.45) is 0 Å². The third kappa shape index (κ3) is 4.45. The second kappa shape index (κ2) is 7.85. The van der Waals surface area contributed by atoms with Gasteiger partial charge >= 0.3 is 0 Å². The molecule has 1 atom stereocenters. The van der Waals surface area contributed by atoms with Crippen molar-refractivity contribution in [3.05, 3.63) is 24.3 Å². The lowest BCUT2D eigenvalue weighted by Crippen LogP contribution is -2.33. The molecule has 0 bridgehead atoms. The lowest BCUT2D eigenvalue weighted by Gasteiger charge is -2.14. The molecule has 19 heavy (non-hydrogen) atoms. The van der Waals surface area contributed by atoms with E-state index in [1.165, 1.54) is 4.70 Å². The number of fused-ring (bicyclic) bond motifs is 1. The van der Waals surface area contributed by atoms with E-state index >= 15 is 0 Å². The van der Waals surface area contributed by atoms with Crippen LogP contribution >= 0.6 is 23.1 Å². The van der Waals surface area contributed by atoms with E-state index in [2.05, 4.69) is 29.4 Å². The fourth-order valence-electron chi connectivity index (χ4n) is 1.81. The molecular weight excluding hydrogens is 276 g/mol. The van der Waals surface area contributed by atoms with Gasteiger partial charge in [-0.25, -0.2) is 4.98 Å². The number of aliphatic hydroxyl groups is 1. The molecule has 1 aromatic carbocycles. The molecule has 0 aliphatic rings. The van der Waals surface area contributed by atoms with Gasteiger partial charge in [-0.2, -0.15) is 0 Å². The Hall–Kier alpha value is -0.620. The van der Waals surface area contributed by atoms with Gasteiger partial charge in [0.15, 0.2) is 4.34 Å². The van der Waals surface area contributed by atoms with Crippen LogP contribution in [0.15, 0.2) is 28.6 Å². The molecule has 1 heterocycles. The topological polar surface area (TPSA) is 45.1 Å². The summed E-state index contributed by atoms with van der Waals surface area (Å²) in [4.78, 5) is 4.60. The number of thiazole rings is 1. The van der Waals surface area contributed by atoms with Crippen LogP contribution in [0.4, 0.5) is 0 Å². The van der Waals surface area contributed by atoms with Crippen molar-refractivity contribution in [2.75, 3.05) is 18.9 Å². The van der Waals surface area contributed by atoms with Crippen molar-refractivity contribution in [1.82, 2.24) is 10.3 Å². The number of aromatic nitrogens is 1. The lowest BCUT2D eigenvalue weighted by molar-refractivity contribution is 0.240. The summed E-state index contributed by atoms with van der Waals surface area (Å²) in [6, 6.07) is 8.44. The smallest absolute Gasteiger partial charge is 0.151 e. The predicted octanol–water partition coefficient (Wildman–Crippen LogP) is 3.14. The Morgan fingerprint density at radius 1 is 1.42 bits per heavy atom. The number of rotatable bonds is 8. The second-order valence-electron chi connectivity index (χ2n) is 4.42. The van der Waals surface area contributed by atoms with Crippen molar-refractivity contribution < 1.29 is 5.11 Å². The Bertz CT molecular complexity index is 468. The number of aliphatic hydroxyl groups excluding tert-OH is 1. The van der Waals surface area contributed by atoms with Gasteiger partial charge in [-0.05, 0) is 31.5 Å². The maximum atomic E-state index is 9.28. The van der Waals surface area contributed by atoms with Gasteiger partial charge in [0, 0.05) is 11.8 Å². The highest BCUT2D eigenvalue weighted by atomic mass is 32.2. The Balaban J connectivity index is 1.81. The summed E-state index contributed by atoms with van der Waals surface area (Å²) in [6.07, 6.45) is 2.07. The van der Waals surface area contributed by atoms with Crippen LogP contribution in [0.1, 0.15) is 19.8 Å². The minimum Gasteiger partial charge on any atom is -0.395 e. The van der Waals surface area contributed by atoms with Crippen molar-refractivity contribution in [1.29, 1.82) is 0 Å². The Morgan fingerprint density at radius 2 is 2.26 bits per heavy atom. The molecule has 0 saturated carbocycles. The number of nitrogens with one attached hydrogen (secondary N) is 1. The van der Waals surface area contributed by atoms with E-state index in [1.54, 1.807) is 23.1 Å². The van der Waals surface area contributed by atoms with Gasteiger partial charge in [0.1, 0.15) is 0 Å². The standard InChI is InChI=1S/C14H20N2OS2/c1-2-8-15-11(10-17)7-9-18-14-16-12-5-3-4-6-13(12)19-14/h3-6,11,15,17H,2,7-10H2,1H3. The molecule has 2 aromatic rings.